The summed E-state index contributed by atoms with van der Waals surface area (Å²) in [4.78, 5) is 0. The first-order valence-electron chi connectivity index (χ1n) is 6.87. The van der Waals surface area contributed by atoms with Gasteiger partial charge in [-0.05, 0) is 26.2 Å². The Labute approximate surface area is 118 Å². The van der Waals surface area contributed by atoms with Gasteiger partial charge in [0.25, 0.3) is 0 Å². The molecule has 0 saturated carbocycles. The molecule has 0 aliphatic rings. The van der Waals surface area contributed by atoms with Crippen LogP contribution in [0.15, 0.2) is 0 Å². The van der Waals surface area contributed by atoms with Crippen LogP contribution in [0.2, 0.25) is 6.04 Å². The molecule has 0 aliphatic carbocycles. The molecule has 6 heteroatoms. The van der Waals surface area contributed by atoms with Gasteiger partial charge in [0.15, 0.2) is 0 Å². The van der Waals surface area contributed by atoms with E-state index in [1.807, 2.05) is 0 Å². The molecule has 116 valence electrons. The van der Waals surface area contributed by atoms with E-state index in [1.54, 1.807) is 28.4 Å². The maximum atomic E-state index is 5.70. The van der Waals surface area contributed by atoms with E-state index in [9.17, 15) is 0 Å². The molecule has 2 unspecified atom stereocenters. The minimum atomic E-state index is -2.45. The minimum Gasteiger partial charge on any atom is -0.379 e. The molecule has 0 bridgehead atoms. The fourth-order valence-corrected chi connectivity index (χ4v) is 3.51. The van der Waals surface area contributed by atoms with Crippen LogP contribution in [-0.4, -0.2) is 56.1 Å². The van der Waals surface area contributed by atoms with Gasteiger partial charge < -0.3 is 22.8 Å². The third-order valence-electron chi connectivity index (χ3n) is 3.42. The molecule has 0 aromatic rings. The number of hydrogen-bond acceptors (Lipinski definition) is 5. The summed E-state index contributed by atoms with van der Waals surface area (Å²) in [7, 11) is 4.19. The van der Waals surface area contributed by atoms with E-state index in [2.05, 4.69) is 13.8 Å². The summed E-state index contributed by atoms with van der Waals surface area (Å²) in [6.07, 6.45) is 3.26. The number of rotatable bonds is 12. The van der Waals surface area contributed by atoms with Gasteiger partial charge in [-0.1, -0.05) is 6.92 Å². The van der Waals surface area contributed by atoms with Crippen LogP contribution >= 0.6 is 0 Å². The first kappa shape index (κ1) is 19.0. The van der Waals surface area contributed by atoms with Gasteiger partial charge in [0, 0.05) is 34.5 Å². The Balaban J connectivity index is 4.00. The third-order valence-corrected chi connectivity index (χ3v) is 6.25. The average molecular weight is 294 g/mol. The van der Waals surface area contributed by atoms with Crippen molar-refractivity contribution in [3.05, 3.63) is 0 Å². The topological polar surface area (TPSA) is 46.2 Å². The Morgan fingerprint density at radius 2 is 1.58 bits per heavy atom. The predicted octanol–water partition coefficient (Wildman–Crippen LogP) is 2.47. The van der Waals surface area contributed by atoms with E-state index in [0.717, 1.165) is 25.3 Å². The monoisotopic (exact) mass is 294 g/mol. The molecule has 5 nitrogen and oxygen atoms in total. The van der Waals surface area contributed by atoms with E-state index in [4.69, 9.17) is 22.8 Å². The zero-order valence-electron chi connectivity index (χ0n) is 13.2. The predicted molar refractivity (Wildman–Crippen MR) is 77.3 cm³/mol. The molecular formula is C13H30O5Si. The van der Waals surface area contributed by atoms with Crippen molar-refractivity contribution in [1.29, 1.82) is 0 Å². The molecule has 0 saturated heterocycles. The summed E-state index contributed by atoms with van der Waals surface area (Å²) in [6.45, 7) is 4.82. The highest BCUT2D eigenvalue weighted by molar-refractivity contribution is 6.60. The first-order valence-corrected chi connectivity index (χ1v) is 8.80. The van der Waals surface area contributed by atoms with Gasteiger partial charge in [0.2, 0.25) is 0 Å². The number of ether oxygens (including phenoxy) is 2. The molecule has 2 atom stereocenters. The maximum absolute atomic E-state index is 5.70. The highest BCUT2D eigenvalue weighted by Gasteiger charge is 2.37. The third kappa shape index (κ3) is 7.39. The second-order valence-electron chi connectivity index (χ2n) is 4.60. The Morgan fingerprint density at radius 1 is 1.00 bits per heavy atom. The van der Waals surface area contributed by atoms with Crippen LogP contribution in [0.25, 0.3) is 0 Å². The second-order valence-corrected chi connectivity index (χ2v) is 7.69. The lowest BCUT2D eigenvalue weighted by atomic mass is 10.2. The van der Waals surface area contributed by atoms with E-state index in [-0.39, 0.29) is 12.2 Å². The van der Waals surface area contributed by atoms with Gasteiger partial charge in [-0.2, -0.15) is 0 Å². The summed E-state index contributed by atoms with van der Waals surface area (Å²) < 4.78 is 27.3. The van der Waals surface area contributed by atoms with Crippen LogP contribution in [0.4, 0.5) is 0 Å². The summed E-state index contributed by atoms with van der Waals surface area (Å²) in [5, 5.41) is 0. The van der Waals surface area contributed by atoms with Crippen LogP contribution in [0.3, 0.4) is 0 Å². The molecular weight excluding hydrogens is 264 g/mol. The van der Waals surface area contributed by atoms with Crippen molar-refractivity contribution in [3.63, 3.8) is 0 Å². The molecule has 0 amide bonds. The summed E-state index contributed by atoms with van der Waals surface area (Å²) >= 11 is 0. The van der Waals surface area contributed by atoms with Crippen LogP contribution < -0.4 is 0 Å². The fourth-order valence-electron chi connectivity index (χ4n) is 1.76. The van der Waals surface area contributed by atoms with Gasteiger partial charge in [-0.3, -0.25) is 0 Å². The van der Waals surface area contributed by atoms with Gasteiger partial charge in [0.05, 0.1) is 18.8 Å². The van der Waals surface area contributed by atoms with Gasteiger partial charge >= 0.3 is 8.80 Å². The first-order chi connectivity index (χ1) is 9.07. The normalized spacial score (nSPS) is 15.5. The van der Waals surface area contributed by atoms with Gasteiger partial charge in [-0.15, -0.1) is 0 Å². The Kier molecular flexibility index (Phi) is 10.8. The van der Waals surface area contributed by atoms with E-state index in [0.29, 0.717) is 6.61 Å². The molecule has 0 aromatic carbocycles. The molecule has 0 aromatic heterocycles. The molecule has 0 radical (unpaired) electrons. The Bertz CT molecular complexity index is 203. The zero-order valence-corrected chi connectivity index (χ0v) is 14.2. The van der Waals surface area contributed by atoms with E-state index < -0.39 is 8.80 Å². The summed E-state index contributed by atoms with van der Waals surface area (Å²) in [6, 6.07) is 0.791. The quantitative estimate of drug-likeness (QED) is 0.517. The largest absolute Gasteiger partial charge is 0.500 e. The van der Waals surface area contributed by atoms with Crippen LogP contribution in [0.1, 0.15) is 33.1 Å². The van der Waals surface area contributed by atoms with Crippen molar-refractivity contribution in [2.45, 2.75) is 51.4 Å². The van der Waals surface area contributed by atoms with Crippen LogP contribution in [-0.2, 0) is 22.8 Å². The highest BCUT2D eigenvalue weighted by Crippen LogP contribution is 2.18. The standard InChI is InChI=1S/C13H30O5Si/c1-7-12(2)18-11-13(14-3)9-8-10-19(15-4,16-5)17-6/h12-13H,7-11H2,1-6H3. The van der Waals surface area contributed by atoms with Crippen molar-refractivity contribution in [2.24, 2.45) is 0 Å². The zero-order chi connectivity index (χ0) is 14.7. The lowest BCUT2D eigenvalue weighted by molar-refractivity contribution is -0.0257. The van der Waals surface area contributed by atoms with Crippen LogP contribution in [0.5, 0.6) is 0 Å². The Hall–Kier alpha value is 0.0169. The van der Waals surface area contributed by atoms with Crippen molar-refractivity contribution < 1.29 is 22.8 Å². The molecule has 0 spiro atoms. The van der Waals surface area contributed by atoms with Crippen molar-refractivity contribution in [2.75, 3.05) is 35.0 Å². The average Bonchev–Trinajstić information content (AvgIpc) is 2.47. The summed E-state index contributed by atoms with van der Waals surface area (Å²) in [5.74, 6) is 0. The van der Waals surface area contributed by atoms with E-state index in [1.165, 1.54) is 0 Å². The van der Waals surface area contributed by atoms with Crippen molar-refractivity contribution in [3.8, 4) is 0 Å². The Morgan fingerprint density at radius 3 is 2.00 bits per heavy atom. The lowest BCUT2D eigenvalue weighted by Crippen LogP contribution is -2.42. The van der Waals surface area contributed by atoms with Gasteiger partial charge in [0.1, 0.15) is 0 Å². The smallest absolute Gasteiger partial charge is 0.379 e. The number of methoxy groups -OCH3 is 1. The molecule has 0 heterocycles. The summed E-state index contributed by atoms with van der Waals surface area (Å²) in [5.41, 5.74) is 0. The molecule has 0 aliphatic heterocycles. The SMILES string of the molecule is CCC(C)OCC(CCC[Si](OC)(OC)OC)OC. The molecule has 19 heavy (non-hydrogen) atoms. The molecule has 0 N–H and O–H groups in total. The van der Waals surface area contributed by atoms with Crippen molar-refractivity contribution in [1.82, 2.24) is 0 Å². The maximum Gasteiger partial charge on any atom is 0.500 e. The number of hydrogen-bond donors (Lipinski definition) is 0. The van der Waals surface area contributed by atoms with Crippen LogP contribution in [0, 0.1) is 0 Å². The fraction of sp³-hybridized carbons (Fsp3) is 1.00. The lowest BCUT2D eigenvalue weighted by Gasteiger charge is -2.25. The van der Waals surface area contributed by atoms with Crippen molar-refractivity contribution >= 4 is 8.80 Å². The van der Waals surface area contributed by atoms with Gasteiger partial charge in [-0.25, -0.2) is 0 Å². The van der Waals surface area contributed by atoms with E-state index >= 15 is 0 Å². The molecule has 0 fully saturated rings. The molecule has 0 rings (SSSR count). The highest BCUT2D eigenvalue weighted by atomic mass is 28.4. The second kappa shape index (κ2) is 10.8. The minimum absolute atomic E-state index is 0.117.